The van der Waals surface area contributed by atoms with Crippen molar-refractivity contribution < 1.29 is 17.6 Å². The van der Waals surface area contributed by atoms with Crippen LogP contribution in [0.4, 0.5) is 17.6 Å². The van der Waals surface area contributed by atoms with Crippen LogP contribution in [0.15, 0.2) is 84.9 Å². The lowest BCUT2D eigenvalue weighted by Gasteiger charge is -2.27. The maximum atomic E-state index is 14.2. The second-order valence-electron chi connectivity index (χ2n) is 51.3. The molecule has 0 unspecified atom stereocenters. The van der Waals surface area contributed by atoms with Gasteiger partial charge in [-0.1, -0.05) is 506 Å². The summed E-state index contributed by atoms with van der Waals surface area (Å²) in [5.74, 6) is 11.1. The molecule has 150 heavy (non-hydrogen) atoms. The number of hydrogen-bond acceptors (Lipinski definition) is 0. The SMILES string of the molecule is CC(C)c1cc(Cl)c(Cl)c(C(C)C)c1C(C)C.CC(C)c1cc(Cl)c(Cl)c(C(C)C)c1C(C)C.CC(C)c1cc(Cl)c(F)c(C(C)C)c1C(C)C.CC(C)c1cc(F)c(F)c(C(C)C)c1C(C)C.CC(C)c1ccc(C(C)C)c(C(C)C)c1C(C)C.CC(C)c1ccc(Cl)c(C(C)C)c1C(C)C.CC(C)c1ccc(F)c(C(C)C)c1C(C)C.Cc1ccc(C(C)C)c(C(C)C)c1C(C)C.Cc1ccc(C(C)C)c(C(C)C)c1C(C)C. The fourth-order valence-electron chi connectivity index (χ4n) is 22.5. The molecule has 0 saturated heterocycles. The van der Waals surface area contributed by atoms with Crippen molar-refractivity contribution in [2.75, 3.05) is 0 Å². The van der Waals surface area contributed by atoms with E-state index in [-0.39, 0.29) is 46.2 Å². The highest BCUT2D eigenvalue weighted by Gasteiger charge is 2.32. The highest BCUT2D eigenvalue weighted by Crippen LogP contribution is 2.49. The zero-order valence-corrected chi connectivity index (χ0v) is 111. The molecule has 0 aliphatic carbocycles. The molecule has 0 aliphatic heterocycles. The first-order valence-electron chi connectivity index (χ1n) is 57.9. The molecular weight excluding hydrogens is 1970 g/mol. The second kappa shape index (κ2) is 64.5. The normalized spacial score (nSPS) is 11.9. The summed E-state index contributed by atoms with van der Waals surface area (Å²) in [6.07, 6.45) is 0. The summed E-state index contributed by atoms with van der Waals surface area (Å²) in [6.45, 7) is 128. The molecule has 10 heteroatoms. The van der Waals surface area contributed by atoms with Gasteiger partial charge in [0.05, 0.1) is 25.1 Å². The predicted molar refractivity (Wildman–Crippen MR) is 672 cm³/mol. The molecule has 0 radical (unpaired) electrons. The molecule has 0 fully saturated rings. The van der Waals surface area contributed by atoms with Crippen molar-refractivity contribution in [2.24, 2.45) is 0 Å². The first-order valence-corrected chi connectivity index (χ1v) is 60.2. The van der Waals surface area contributed by atoms with Crippen molar-refractivity contribution in [1.29, 1.82) is 0 Å². The Hall–Kier alpha value is -5.56. The summed E-state index contributed by atoms with van der Waals surface area (Å²) in [5, 5.41) is 4.00. The van der Waals surface area contributed by atoms with Crippen LogP contribution in [0.3, 0.4) is 0 Å². The van der Waals surface area contributed by atoms with Crippen molar-refractivity contribution in [2.45, 2.75) is 567 Å². The lowest BCUT2D eigenvalue weighted by atomic mass is 9.78. The van der Waals surface area contributed by atoms with E-state index in [0.29, 0.717) is 152 Å². The number of aryl methyl sites for hydroxylation is 2. The van der Waals surface area contributed by atoms with E-state index in [0.717, 1.165) is 42.9 Å². The van der Waals surface area contributed by atoms with Crippen LogP contribution in [-0.2, 0) is 0 Å². The molecular formula is C140H216Cl6F4. The van der Waals surface area contributed by atoms with Crippen molar-refractivity contribution in [3.05, 3.63) is 305 Å². The number of halogens is 10. The van der Waals surface area contributed by atoms with E-state index in [1.807, 2.05) is 73.6 Å². The van der Waals surface area contributed by atoms with Gasteiger partial charge in [-0.05, 0) is 383 Å². The average molecular weight is 2190 g/mol. The molecule has 0 spiro atoms. The molecule has 0 heterocycles. The van der Waals surface area contributed by atoms with Gasteiger partial charge in [-0.15, -0.1) is 0 Å². The minimum absolute atomic E-state index is 0.000556. The Labute approximate surface area is 952 Å². The molecule has 846 valence electrons. The quantitative estimate of drug-likeness (QED) is 0.0429. The molecule has 0 aromatic heterocycles. The van der Waals surface area contributed by atoms with Crippen LogP contribution in [0, 0.1) is 37.1 Å². The molecule has 0 amide bonds. The van der Waals surface area contributed by atoms with Crippen LogP contribution in [-0.4, -0.2) is 0 Å². The highest BCUT2D eigenvalue weighted by atomic mass is 35.5. The van der Waals surface area contributed by atoms with Crippen molar-refractivity contribution in [3.63, 3.8) is 0 Å². The van der Waals surface area contributed by atoms with E-state index >= 15 is 0 Å². The fourth-order valence-corrected chi connectivity index (χ4v) is 24.3. The van der Waals surface area contributed by atoms with Crippen molar-refractivity contribution in [3.8, 4) is 0 Å². The third kappa shape index (κ3) is 38.7. The van der Waals surface area contributed by atoms with E-state index in [1.165, 1.54) is 106 Å². The topological polar surface area (TPSA) is 0 Å². The Balaban J connectivity index is 0.000000844. The van der Waals surface area contributed by atoms with Crippen LogP contribution in [0.25, 0.3) is 0 Å². The van der Waals surface area contributed by atoms with Crippen LogP contribution in [0.2, 0.25) is 30.1 Å². The molecule has 0 atom stereocenters. The molecule has 0 N–H and O–H groups in total. The van der Waals surface area contributed by atoms with Gasteiger partial charge in [0.25, 0.3) is 0 Å². The van der Waals surface area contributed by atoms with E-state index in [4.69, 9.17) is 69.6 Å². The summed E-state index contributed by atoms with van der Waals surface area (Å²) < 4.78 is 55.7. The Morgan fingerprint density at radius 3 is 0.527 bits per heavy atom. The number of benzene rings is 9. The van der Waals surface area contributed by atoms with E-state index < -0.39 is 11.6 Å². The molecule has 9 aromatic rings. The van der Waals surface area contributed by atoms with Gasteiger partial charge >= 0.3 is 0 Å². The van der Waals surface area contributed by atoms with Gasteiger partial charge in [-0.3, -0.25) is 0 Å². The fraction of sp³-hybridized carbons (Fsp3) is 0.614. The standard InChI is InChI=1S/C18H30.2C16H26.2C15H22Cl2.C15H22ClF.C15H23Cl.C15H22F2.C15H23F/c1-11(2)15-9-10-16(12(3)4)18(14(7)8)17(15)13(5)6;2*1-10(2)14-9-8-13(7)15(11(3)4)16(14)12(5)6;3*1-8(2)11-7-12(16)15(17)14(10(5)6)13(11)9(3)4;1-9(2)12-7-8-13(16)15(11(5)6)14(12)10(3)4;1-8(2)11-7-12(16)15(17)14(10(5)6)13(11)9(3)4;1-9(2)12-7-8-13(16)15(11(5)6)14(12)10(3)4/h9-14H,1-8H3;2*8-12H,1-7H3;3*7-10H,1-6H3;7-11H,1-6H3;7-10H,1-6H3;7-11H,1-6H3. The maximum absolute atomic E-state index is 14.2. The van der Waals surface area contributed by atoms with Crippen LogP contribution in [0.1, 0.15) is 720 Å². The third-order valence-corrected chi connectivity index (χ3v) is 31.1. The van der Waals surface area contributed by atoms with Crippen LogP contribution >= 0.6 is 69.6 Å². The number of rotatable bonds is 28. The lowest BCUT2D eigenvalue weighted by molar-refractivity contribution is 0.486. The predicted octanol–water partition coefficient (Wildman–Crippen LogP) is 51.7. The van der Waals surface area contributed by atoms with Gasteiger partial charge in [0, 0.05) is 5.02 Å². The van der Waals surface area contributed by atoms with Crippen molar-refractivity contribution >= 4 is 69.6 Å². The monoisotopic (exact) mass is 2180 g/mol. The Bertz CT molecular complexity index is 5000. The minimum atomic E-state index is -0.721. The largest absolute Gasteiger partial charge is 0.207 e. The Morgan fingerprint density at radius 1 is 0.133 bits per heavy atom. The van der Waals surface area contributed by atoms with Crippen LogP contribution < -0.4 is 0 Å². The zero-order chi connectivity index (χ0) is 117. The maximum Gasteiger partial charge on any atom is 0.162 e. The zero-order valence-electron chi connectivity index (χ0n) is 106. The molecule has 0 aliphatic rings. The average Bonchev–Trinajstić information content (AvgIpc) is 0.779. The third-order valence-electron chi connectivity index (χ3n) is 28.9. The molecule has 9 aromatic carbocycles. The van der Waals surface area contributed by atoms with E-state index in [2.05, 4.69) is 395 Å². The summed E-state index contributed by atoms with van der Waals surface area (Å²) in [6, 6.07) is 29.0. The minimum Gasteiger partial charge on any atom is -0.207 e. The van der Waals surface area contributed by atoms with Gasteiger partial charge in [-0.2, -0.15) is 0 Å². The summed E-state index contributed by atoms with van der Waals surface area (Å²) in [7, 11) is 0. The number of hydrogen-bond donors (Lipinski definition) is 0. The van der Waals surface area contributed by atoms with E-state index in [1.54, 1.807) is 45.5 Å². The molecule has 0 bridgehead atoms. The Kier molecular flexibility index (Phi) is 61.2. The Morgan fingerprint density at radius 2 is 0.300 bits per heavy atom. The van der Waals surface area contributed by atoms with Gasteiger partial charge in [-0.25, -0.2) is 17.6 Å². The van der Waals surface area contributed by atoms with Gasteiger partial charge in [0.1, 0.15) is 11.6 Å². The first-order chi connectivity index (χ1) is 68.8. The van der Waals surface area contributed by atoms with Gasteiger partial charge in [0.2, 0.25) is 0 Å². The molecule has 0 nitrogen and oxygen atoms in total. The van der Waals surface area contributed by atoms with Gasteiger partial charge in [0.15, 0.2) is 11.6 Å². The van der Waals surface area contributed by atoms with Crippen LogP contribution in [0.5, 0.6) is 0 Å². The summed E-state index contributed by atoms with van der Waals surface area (Å²) in [5.41, 5.74) is 39.6. The smallest absolute Gasteiger partial charge is 0.162 e. The van der Waals surface area contributed by atoms with Gasteiger partial charge < -0.3 is 0 Å². The summed E-state index contributed by atoms with van der Waals surface area (Å²) >= 11 is 37.6. The van der Waals surface area contributed by atoms with Crippen molar-refractivity contribution in [1.82, 2.24) is 0 Å². The molecule has 0 saturated carbocycles. The summed E-state index contributed by atoms with van der Waals surface area (Å²) in [4.78, 5) is 0. The highest BCUT2D eigenvalue weighted by molar-refractivity contribution is 6.43. The molecule has 9 rings (SSSR count). The van der Waals surface area contributed by atoms with E-state index in [9.17, 15) is 17.6 Å². The second-order valence-corrected chi connectivity index (χ2v) is 53.7. The first kappa shape index (κ1) is 142. The lowest BCUT2D eigenvalue weighted by Crippen LogP contribution is -2.10.